The van der Waals surface area contributed by atoms with Gasteiger partial charge in [0.25, 0.3) is 0 Å². The van der Waals surface area contributed by atoms with E-state index in [4.69, 9.17) is 5.73 Å². The second-order valence-electron chi connectivity index (χ2n) is 5.40. The van der Waals surface area contributed by atoms with E-state index >= 15 is 0 Å². The van der Waals surface area contributed by atoms with Crippen molar-refractivity contribution >= 4 is 32.5 Å². The van der Waals surface area contributed by atoms with Gasteiger partial charge in [0.2, 0.25) is 0 Å². The number of fused-ring (bicyclic) bond motifs is 1. The summed E-state index contributed by atoms with van der Waals surface area (Å²) >= 11 is 3.58. The van der Waals surface area contributed by atoms with Crippen LogP contribution in [-0.2, 0) is 0 Å². The maximum atomic E-state index is 5.93. The Balaban J connectivity index is 2.49. The number of nitrogens with zero attached hydrogens (tertiary/aromatic N) is 1. The normalized spacial score (nSPS) is 14.6. The number of halogens is 1. The molecule has 0 saturated heterocycles. The van der Waals surface area contributed by atoms with Crippen molar-refractivity contribution in [3.8, 4) is 0 Å². The van der Waals surface area contributed by atoms with Crippen LogP contribution in [0.1, 0.15) is 20.8 Å². The number of rotatable bonds is 4. The summed E-state index contributed by atoms with van der Waals surface area (Å²) in [4.78, 5) is 4.48. The molecule has 0 amide bonds. The molecule has 3 N–H and O–H groups in total. The van der Waals surface area contributed by atoms with E-state index in [1.165, 1.54) is 0 Å². The lowest BCUT2D eigenvalue weighted by Crippen LogP contribution is -2.47. The molecule has 1 unspecified atom stereocenters. The predicted molar refractivity (Wildman–Crippen MR) is 85.4 cm³/mol. The van der Waals surface area contributed by atoms with Crippen molar-refractivity contribution in [2.75, 3.05) is 11.9 Å². The zero-order chi connectivity index (χ0) is 14.0. The van der Waals surface area contributed by atoms with E-state index in [1.54, 1.807) is 0 Å². The summed E-state index contributed by atoms with van der Waals surface area (Å²) in [5.41, 5.74) is 5.77. The second kappa shape index (κ2) is 5.47. The molecule has 0 aliphatic heterocycles. The number of anilines is 1. The van der Waals surface area contributed by atoms with E-state index in [0.29, 0.717) is 12.5 Å². The number of benzene rings is 1. The van der Waals surface area contributed by atoms with Gasteiger partial charge in [-0.1, -0.05) is 41.9 Å². The van der Waals surface area contributed by atoms with Crippen LogP contribution in [0.4, 0.5) is 5.82 Å². The Hall–Kier alpha value is -1.13. The average molecular weight is 322 g/mol. The summed E-state index contributed by atoms with van der Waals surface area (Å²) in [5.74, 6) is 1.31. The van der Waals surface area contributed by atoms with E-state index in [0.717, 1.165) is 21.1 Å². The Morgan fingerprint density at radius 2 is 2.05 bits per heavy atom. The first-order valence-electron chi connectivity index (χ1n) is 6.49. The molecular weight excluding hydrogens is 302 g/mol. The van der Waals surface area contributed by atoms with Gasteiger partial charge in [-0.05, 0) is 25.0 Å². The monoisotopic (exact) mass is 321 g/mol. The minimum absolute atomic E-state index is 0.163. The maximum Gasteiger partial charge on any atom is 0.134 e. The highest BCUT2D eigenvalue weighted by atomic mass is 79.9. The van der Waals surface area contributed by atoms with Gasteiger partial charge in [0.1, 0.15) is 5.82 Å². The van der Waals surface area contributed by atoms with Gasteiger partial charge in [-0.3, -0.25) is 0 Å². The lowest BCUT2D eigenvalue weighted by molar-refractivity contribution is 0.382. The summed E-state index contributed by atoms with van der Waals surface area (Å²) in [6.45, 7) is 7.04. The molecule has 102 valence electrons. The molecule has 1 aromatic carbocycles. The van der Waals surface area contributed by atoms with Crippen molar-refractivity contribution in [1.29, 1.82) is 0 Å². The summed E-state index contributed by atoms with van der Waals surface area (Å²) in [6.07, 6.45) is 1.83. The first kappa shape index (κ1) is 14.3. The van der Waals surface area contributed by atoms with Crippen molar-refractivity contribution in [2.24, 2.45) is 11.7 Å². The summed E-state index contributed by atoms with van der Waals surface area (Å²) in [7, 11) is 0. The van der Waals surface area contributed by atoms with Crippen molar-refractivity contribution in [1.82, 2.24) is 4.98 Å². The first-order valence-corrected chi connectivity index (χ1v) is 7.28. The average Bonchev–Trinajstić information content (AvgIpc) is 2.39. The van der Waals surface area contributed by atoms with Crippen molar-refractivity contribution in [2.45, 2.75) is 26.3 Å². The lowest BCUT2D eigenvalue weighted by Gasteiger charge is -2.34. The van der Waals surface area contributed by atoms with Gasteiger partial charge in [-0.2, -0.15) is 0 Å². The molecule has 0 spiro atoms. The molecule has 1 aromatic heterocycles. The molecule has 1 heterocycles. The van der Waals surface area contributed by atoms with Gasteiger partial charge in [0.15, 0.2) is 0 Å². The van der Waals surface area contributed by atoms with Crippen LogP contribution in [0.2, 0.25) is 0 Å². The molecule has 4 heteroatoms. The highest BCUT2D eigenvalue weighted by Crippen LogP contribution is 2.30. The highest BCUT2D eigenvalue weighted by Gasteiger charge is 2.27. The third kappa shape index (κ3) is 2.74. The van der Waals surface area contributed by atoms with E-state index in [9.17, 15) is 0 Å². The minimum Gasteiger partial charge on any atom is -0.363 e. The molecule has 0 fully saturated rings. The SMILES string of the molecule is CC(C)C(C)(CN)Nc1nccc2c(Br)cccc12. The summed E-state index contributed by atoms with van der Waals surface area (Å²) in [5, 5.41) is 5.78. The molecule has 2 rings (SSSR count). The standard InChI is InChI=1S/C15H20BrN3/c1-10(2)15(3,9-17)19-14-12-5-4-6-13(16)11(12)7-8-18-14/h4-8,10H,9,17H2,1-3H3,(H,18,19). The molecule has 0 saturated carbocycles. The van der Waals surface area contributed by atoms with Gasteiger partial charge in [-0.25, -0.2) is 4.98 Å². The molecule has 1 atom stereocenters. The van der Waals surface area contributed by atoms with Gasteiger partial charge >= 0.3 is 0 Å². The molecule has 0 aliphatic carbocycles. The van der Waals surface area contributed by atoms with E-state index in [2.05, 4.69) is 53.1 Å². The molecule has 2 aromatic rings. The molecule has 19 heavy (non-hydrogen) atoms. The number of nitrogens with two attached hydrogens (primary N) is 1. The number of pyridine rings is 1. The third-order valence-electron chi connectivity index (χ3n) is 3.86. The number of hydrogen-bond donors (Lipinski definition) is 2. The van der Waals surface area contributed by atoms with Gasteiger partial charge in [-0.15, -0.1) is 0 Å². The van der Waals surface area contributed by atoms with Crippen LogP contribution in [0.25, 0.3) is 10.8 Å². The largest absolute Gasteiger partial charge is 0.363 e. The fraction of sp³-hybridized carbons (Fsp3) is 0.400. The Morgan fingerprint density at radius 3 is 2.68 bits per heavy atom. The van der Waals surface area contributed by atoms with Crippen LogP contribution in [0.5, 0.6) is 0 Å². The second-order valence-corrected chi connectivity index (χ2v) is 6.25. The van der Waals surface area contributed by atoms with Gasteiger partial charge < -0.3 is 11.1 Å². The van der Waals surface area contributed by atoms with Crippen LogP contribution in [0.15, 0.2) is 34.9 Å². The zero-order valence-electron chi connectivity index (χ0n) is 11.6. The zero-order valence-corrected chi connectivity index (χ0v) is 13.2. The Kier molecular flexibility index (Phi) is 4.11. The van der Waals surface area contributed by atoms with Crippen LogP contribution in [0.3, 0.4) is 0 Å². The van der Waals surface area contributed by atoms with Crippen LogP contribution in [0, 0.1) is 5.92 Å². The smallest absolute Gasteiger partial charge is 0.134 e. The topological polar surface area (TPSA) is 50.9 Å². The van der Waals surface area contributed by atoms with Crippen molar-refractivity contribution in [3.63, 3.8) is 0 Å². The lowest BCUT2D eigenvalue weighted by atomic mass is 9.88. The fourth-order valence-corrected chi connectivity index (χ4v) is 2.47. The minimum atomic E-state index is -0.163. The number of hydrogen-bond acceptors (Lipinski definition) is 3. The Morgan fingerprint density at radius 1 is 1.32 bits per heavy atom. The van der Waals surface area contributed by atoms with Crippen LogP contribution in [-0.4, -0.2) is 17.1 Å². The Bertz CT molecular complexity index is 583. The number of nitrogens with one attached hydrogen (secondary N) is 1. The van der Waals surface area contributed by atoms with Crippen LogP contribution < -0.4 is 11.1 Å². The number of aromatic nitrogens is 1. The molecule has 0 bridgehead atoms. The summed E-state index contributed by atoms with van der Waals surface area (Å²) < 4.78 is 1.08. The van der Waals surface area contributed by atoms with Crippen molar-refractivity contribution in [3.05, 3.63) is 34.9 Å². The Labute approximate surface area is 122 Å². The first-order chi connectivity index (χ1) is 8.98. The van der Waals surface area contributed by atoms with Gasteiger partial charge in [0, 0.05) is 28.0 Å². The van der Waals surface area contributed by atoms with Crippen molar-refractivity contribution < 1.29 is 0 Å². The fourth-order valence-electron chi connectivity index (χ4n) is 1.97. The van der Waals surface area contributed by atoms with E-state index in [1.807, 2.05) is 24.4 Å². The van der Waals surface area contributed by atoms with Crippen LogP contribution >= 0.6 is 15.9 Å². The van der Waals surface area contributed by atoms with E-state index < -0.39 is 0 Å². The van der Waals surface area contributed by atoms with E-state index in [-0.39, 0.29) is 5.54 Å². The maximum absolute atomic E-state index is 5.93. The molecule has 0 aliphatic rings. The molecular formula is C15H20BrN3. The molecule has 3 nitrogen and oxygen atoms in total. The predicted octanol–water partition coefficient (Wildman–Crippen LogP) is 3.78. The summed E-state index contributed by atoms with van der Waals surface area (Å²) in [6, 6.07) is 8.15. The highest BCUT2D eigenvalue weighted by molar-refractivity contribution is 9.10. The third-order valence-corrected chi connectivity index (χ3v) is 4.55. The quantitative estimate of drug-likeness (QED) is 0.900. The molecule has 0 radical (unpaired) electrons. The van der Waals surface area contributed by atoms with Gasteiger partial charge in [0.05, 0.1) is 5.54 Å².